The molecule has 5 nitrogen and oxygen atoms in total. The van der Waals surface area contributed by atoms with Crippen LogP contribution in [0.2, 0.25) is 0 Å². The number of nitrogens with zero attached hydrogens (tertiary/aromatic N) is 1. The minimum Gasteiger partial charge on any atom is -0.467 e. The Bertz CT molecular complexity index is 435. The number of nitriles is 1. The Morgan fingerprint density at radius 2 is 2.40 bits per heavy atom. The zero-order valence-corrected chi connectivity index (χ0v) is 8.38. The maximum absolute atomic E-state index is 11.4. The molecule has 0 spiro atoms. The molecule has 1 amide bonds. The van der Waals surface area contributed by atoms with Crippen LogP contribution in [0.15, 0.2) is 22.8 Å². The van der Waals surface area contributed by atoms with Crippen molar-refractivity contribution < 1.29 is 9.21 Å². The van der Waals surface area contributed by atoms with E-state index in [9.17, 15) is 4.79 Å². The summed E-state index contributed by atoms with van der Waals surface area (Å²) in [7, 11) is 0. The average molecular weight is 221 g/mol. The van der Waals surface area contributed by atoms with Gasteiger partial charge in [0.05, 0.1) is 12.3 Å². The molecule has 0 bridgehead atoms. The van der Waals surface area contributed by atoms with Crippen molar-refractivity contribution in [2.45, 2.75) is 6.04 Å². The van der Waals surface area contributed by atoms with Gasteiger partial charge in [0, 0.05) is 0 Å². The van der Waals surface area contributed by atoms with Gasteiger partial charge < -0.3 is 15.1 Å². The first-order valence-electron chi connectivity index (χ1n) is 4.27. The van der Waals surface area contributed by atoms with Crippen LogP contribution in [0, 0.1) is 17.2 Å². The summed E-state index contributed by atoms with van der Waals surface area (Å²) in [6.45, 7) is 0. The molecule has 2 rings (SSSR count). The molecule has 1 aliphatic heterocycles. The fraction of sp³-hybridized carbons (Fsp3) is 0.222. The third-order valence-electron chi connectivity index (χ3n) is 2.13. The van der Waals surface area contributed by atoms with Gasteiger partial charge in [0.2, 0.25) is 5.91 Å². The summed E-state index contributed by atoms with van der Waals surface area (Å²) in [5.41, 5.74) is 0. The Kier molecular flexibility index (Phi) is 2.39. The molecule has 1 fully saturated rings. The topological polar surface area (TPSA) is 78.1 Å². The molecule has 1 aromatic rings. The Morgan fingerprint density at radius 1 is 1.60 bits per heavy atom. The fourth-order valence-electron chi connectivity index (χ4n) is 1.44. The standard InChI is InChI=1S/C9H7N3O2S/c10-4-5-7(6-2-1-3-14-6)11-9(15)12-8(5)13/h1-3,5,7H,(H2,11,12,13,15)/t5-,7+/m0/s1. The van der Waals surface area contributed by atoms with Crippen molar-refractivity contribution in [2.24, 2.45) is 5.92 Å². The second-order valence-electron chi connectivity index (χ2n) is 3.06. The van der Waals surface area contributed by atoms with E-state index in [1.54, 1.807) is 12.1 Å². The molecule has 0 aliphatic carbocycles. The number of amides is 1. The minimum absolute atomic E-state index is 0.216. The largest absolute Gasteiger partial charge is 0.467 e. The summed E-state index contributed by atoms with van der Waals surface area (Å²) in [5, 5.41) is 14.3. The lowest BCUT2D eigenvalue weighted by atomic mass is 9.97. The third kappa shape index (κ3) is 1.69. The highest BCUT2D eigenvalue weighted by Crippen LogP contribution is 2.24. The Labute approximate surface area is 91.1 Å². The average Bonchev–Trinajstić information content (AvgIpc) is 2.69. The molecule has 15 heavy (non-hydrogen) atoms. The lowest BCUT2D eigenvalue weighted by Crippen LogP contribution is -2.53. The van der Waals surface area contributed by atoms with Crippen LogP contribution < -0.4 is 10.6 Å². The predicted octanol–water partition coefficient (Wildman–Crippen LogP) is 0.465. The SMILES string of the molecule is N#C[C@@H]1C(=O)NC(=S)N[C@H]1c1ccco1. The number of hydrogen-bond acceptors (Lipinski definition) is 4. The predicted molar refractivity (Wildman–Crippen MR) is 54.4 cm³/mol. The molecule has 0 unspecified atom stereocenters. The molecular weight excluding hydrogens is 214 g/mol. The third-order valence-corrected chi connectivity index (χ3v) is 2.35. The van der Waals surface area contributed by atoms with E-state index in [0.717, 1.165) is 0 Å². The summed E-state index contributed by atoms with van der Waals surface area (Å²) in [6.07, 6.45) is 1.49. The summed E-state index contributed by atoms with van der Waals surface area (Å²) in [5.74, 6) is -0.704. The molecule has 0 saturated carbocycles. The highest BCUT2D eigenvalue weighted by molar-refractivity contribution is 7.80. The lowest BCUT2D eigenvalue weighted by Gasteiger charge is -2.27. The highest BCUT2D eigenvalue weighted by atomic mass is 32.1. The van der Waals surface area contributed by atoms with E-state index in [1.807, 2.05) is 6.07 Å². The van der Waals surface area contributed by atoms with E-state index in [-0.39, 0.29) is 5.11 Å². The molecule has 1 aliphatic rings. The van der Waals surface area contributed by atoms with E-state index in [4.69, 9.17) is 21.9 Å². The molecular formula is C9H7N3O2S. The van der Waals surface area contributed by atoms with Crippen molar-refractivity contribution in [3.8, 4) is 6.07 Å². The van der Waals surface area contributed by atoms with Crippen LogP contribution >= 0.6 is 12.2 Å². The summed E-state index contributed by atoms with van der Waals surface area (Å²) in [4.78, 5) is 11.4. The lowest BCUT2D eigenvalue weighted by molar-refractivity contribution is -0.123. The molecule has 2 atom stereocenters. The van der Waals surface area contributed by atoms with Crippen LogP contribution in [0.25, 0.3) is 0 Å². The molecule has 6 heteroatoms. The van der Waals surface area contributed by atoms with Gasteiger partial charge in [-0.15, -0.1) is 0 Å². The van der Waals surface area contributed by atoms with Gasteiger partial charge in [-0.25, -0.2) is 0 Å². The number of hydrogen-bond donors (Lipinski definition) is 2. The number of carbonyl (C=O) groups is 1. The monoisotopic (exact) mass is 221 g/mol. The van der Waals surface area contributed by atoms with Crippen molar-refractivity contribution in [1.82, 2.24) is 10.6 Å². The smallest absolute Gasteiger partial charge is 0.246 e. The summed E-state index contributed by atoms with van der Waals surface area (Å²) in [6, 6.07) is 4.80. The second-order valence-corrected chi connectivity index (χ2v) is 3.47. The van der Waals surface area contributed by atoms with Crippen molar-refractivity contribution in [3.05, 3.63) is 24.2 Å². The van der Waals surface area contributed by atoms with Crippen LogP contribution in [-0.2, 0) is 4.79 Å². The van der Waals surface area contributed by atoms with Crippen LogP contribution in [0.4, 0.5) is 0 Å². The van der Waals surface area contributed by atoms with Gasteiger partial charge in [0.25, 0.3) is 0 Å². The molecule has 1 saturated heterocycles. The van der Waals surface area contributed by atoms with E-state index in [1.165, 1.54) is 6.26 Å². The van der Waals surface area contributed by atoms with Crippen LogP contribution in [0.5, 0.6) is 0 Å². The van der Waals surface area contributed by atoms with Crippen molar-refractivity contribution in [1.29, 1.82) is 5.26 Å². The first-order valence-corrected chi connectivity index (χ1v) is 4.67. The Hall–Kier alpha value is -1.87. The molecule has 2 N–H and O–H groups in total. The fourth-order valence-corrected chi connectivity index (χ4v) is 1.67. The van der Waals surface area contributed by atoms with E-state index in [2.05, 4.69) is 10.6 Å². The molecule has 1 aromatic heterocycles. The van der Waals surface area contributed by atoms with Gasteiger partial charge in [0.15, 0.2) is 11.0 Å². The van der Waals surface area contributed by atoms with E-state index < -0.39 is 17.9 Å². The summed E-state index contributed by atoms with van der Waals surface area (Å²) < 4.78 is 5.15. The van der Waals surface area contributed by atoms with Gasteiger partial charge in [-0.3, -0.25) is 4.79 Å². The van der Waals surface area contributed by atoms with Crippen LogP contribution in [0.3, 0.4) is 0 Å². The van der Waals surface area contributed by atoms with Gasteiger partial charge >= 0.3 is 0 Å². The van der Waals surface area contributed by atoms with E-state index in [0.29, 0.717) is 5.76 Å². The van der Waals surface area contributed by atoms with Gasteiger partial charge in [-0.05, 0) is 24.4 Å². The molecule has 0 radical (unpaired) electrons. The minimum atomic E-state index is -0.831. The van der Waals surface area contributed by atoms with Gasteiger partial charge in [-0.2, -0.15) is 5.26 Å². The number of thiocarbonyl (C=S) groups is 1. The first-order chi connectivity index (χ1) is 7.22. The van der Waals surface area contributed by atoms with E-state index >= 15 is 0 Å². The van der Waals surface area contributed by atoms with Crippen molar-refractivity contribution in [3.63, 3.8) is 0 Å². The quantitative estimate of drug-likeness (QED) is 0.674. The molecule has 76 valence electrons. The van der Waals surface area contributed by atoms with Crippen molar-refractivity contribution >= 4 is 23.2 Å². The normalized spacial score (nSPS) is 25.3. The Balaban J connectivity index is 2.32. The number of rotatable bonds is 1. The molecule has 0 aromatic carbocycles. The second kappa shape index (κ2) is 3.71. The van der Waals surface area contributed by atoms with Crippen LogP contribution in [0.1, 0.15) is 11.8 Å². The number of furan rings is 1. The van der Waals surface area contributed by atoms with Crippen LogP contribution in [-0.4, -0.2) is 11.0 Å². The summed E-state index contributed by atoms with van der Waals surface area (Å²) >= 11 is 4.84. The zero-order valence-electron chi connectivity index (χ0n) is 7.56. The number of carbonyl (C=O) groups excluding carboxylic acids is 1. The number of nitrogens with one attached hydrogen (secondary N) is 2. The van der Waals surface area contributed by atoms with Crippen molar-refractivity contribution in [2.75, 3.05) is 0 Å². The first kappa shape index (κ1) is 9.68. The molecule has 2 heterocycles. The Morgan fingerprint density at radius 3 is 3.00 bits per heavy atom. The maximum atomic E-state index is 11.4. The van der Waals surface area contributed by atoms with Gasteiger partial charge in [0.1, 0.15) is 11.8 Å². The maximum Gasteiger partial charge on any atom is 0.246 e. The van der Waals surface area contributed by atoms with Gasteiger partial charge in [-0.1, -0.05) is 0 Å². The zero-order chi connectivity index (χ0) is 10.8. The highest BCUT2D eigenvalue weighted by Gasteiger charge is 2.36.